The van der Waals surface area contributed by atoms with Crippen LogP contribution in [-0.4, -0.2) is 27.7 Å². The van der Waals surface area contributed by atoms with Crippen molar-refractivity contribution in [1.29, 1.82) is 0 Å². The summed E-state index contributed by atoms with van der Waals surface area (Å²) in [5.74, 6) is 0.471. The molecule has 2 aromatic heterocycles. The maximum absolute atomic E-state index is 13.0. The molecule has 2 aromatic rings. The number of nitrogens with zero attached hydrogens (tertiary/aromatic N) is 4. The van der Waals surface area contributed by atoms with Crippen molar-refractivity contribution in [2.45, 2.75) is 25.4 Å². The first-order valence-corrected chi connectivity index (χ1v) is 6.68. The van der Waals surface area contributed by atoms with Crippen LogP contribution in [-0.2, 0) is 6.18 Å². The zero-order valence-electron chi connectivity index (χ0n) is 11.1. The van der Waals surface area contributed by atoms with E-state index in [2.05, 4.69) is 10.1 Å². The molecule has 0 radical (unpaired) electrons. The summed E-state index contributed by atoms with van der Waals surface area (Å²) in [4.78, 5) is 16.8. The summed E-state index contributed by atoms with van der Waals surface area (Å²) >= 11 is 0. The van der Waals surface area contributed by atoms with Gasteiger partial charge in [0.2, 0.25) is 0 Å². The first-order valence-electron chi connectivity index (χ1n) is 6.68. The Labute approximate surface area is 118 Å². The van der Waals surface area contributed by atoms with E-state index in [1.54, 1.807) is 6.07 Å². The van der Waals surface area contributed by atoms with Crippen LogP contribution in [0.2, 0.25) is 0 Å². The average Bonchev–Trinajstić information content (AvgIpc) is 2.46. The van der Waals surface area contributed by atoms with Crippen LogP contribution >= 0.6 is 0 Å². The molecule has 1 aliphatic rings. The van der Waals surface area contributed by atoms with Crippen molar-refractivity contribution < 1.29 is 13.2 Å². The highest BCUT2D eigenvalue weighted by Crippen LogP contribution is 2.28. The van der Waals surface area contributed by atoms with Crippen LogP contribution in [0.5, 0.6) is 0 Å². The SMILES string of the molecule is O=c1cc(C(F)(F)F)n2nc(N3CCCCC3)ccc2n1. The third-order valence-electron chi connectivity index (χ3n) is 3.48. The molecule has 0 aromatic carbocycles. The number of alkyl halides is 3. The second-order valence-electron chi connectivity index (χ2n) is 4.99. The van der Waals surface area contributed by atoms with Crippen LogP contribution in [0.15, 0.2) is 23.0 Å². The van der Waals surface area contributed by atoms with Gasteiger partial charge >= 0.3 is 6.18 Å². The summed E-state index contributed by atoms with van der Waals surface area (Å²) in [7, 11) is 0. The Bertz CT molecular complexity index is 719. The Morgan fingerprint density at radius 3 is 2.48 bits per heavy atom. The quantitative estimate of drug-likeness (QED) is 0.809. The summed E-state index contributed by atoms with van der Waals surface area (Å²) in [6.07, 6.45) is -1.55. The molecule has 1 fully saturated rings. The lowest BCUT2D eigenvalue weighted by molar-refractivity contribution is -0.142. The molecule has 3 heterocycles. The number of rotatable bonds is 1. The van der Waals surface area contributed by atoms with E-state index in [1.165, 1.54) is 6.07 Å². The molecule has 5 nitrogen and oxygen atoms in total. The fourth-order valence-electron chi connectivity index (χ4n) is 2.49. The molecule has 1 saturated heterocycles. The van der Waals surface area contributed by atoms with E-state index >= 15 is 0 Å². The first kappa shape index (κ1) is 13.8. The molecule has 0 saturated carbocycles. The largest absolute Gasteiger partial charge is 0.433 e. The van der Waals surface area contributed by atoms with Gasteiger partial charge in [-0.2, -0.15) is 18.2 Å². The molecule has 0 N–H and O–H groups in total. The molecule has 21 heavy (non-hydrogen) atoms. The van der Waals surface area contributed by atoms with E-state index in [0.717, 1.165) is 32.4 Å². The molecule has 112 valence electrons. The maximum atomic E-state index is 13.0. The molecular weight excluding hydrogens is 285 g/mol. The average molecular weight is 298 g/mol. The van der Waals surface area contributed by atoms with Crippen LogP contribution < -0.4 is 10.5 Å². The molecule has 1 aliphatic heterocycles. The third kappa shape index (κ3) is 2.70. The van der Waals surface area contributed by atoms with Gasteiger partial charge in [-0.05, 0) is 31.4 Å². The summed E-state index contributed by atoms with van der Waals surface area (Å²) in [6.45, 7) is 1.54. The number of hydrogen-bond donors (Lipinski definition) is 0. The van der Waals surface area contributed by atoms with Gasteiger partial charge in [0.05, 0.1) is 0 Å². The number of anilines is 1. The first-order chi connectivity index (χ1) is 9.95. The Morgan fingerprint density at radius 2 is 1.81 bits per heavy atom. The van der Waals surface area contributed by atoms with Gasteiger partial charge in [0.25, 0.3) is 5.56 Å². The zero-order valence-corrected chi connectivity index (χ0v) is 11.1. The van der Waals surface area contributed by atoms with Gasteiger partial charge in [-0.25, -0.2) is 4.52 Å². The summed E-state index contributed by atoms with van der Waals surface area (Å²) in [5, 5.41) is 4.03. The third-order valence-corrected chi connectivity index (χ3v) is 3.48. The minimum absolute atomic E-state index is 0.101. The lowest BCUT2D eigenvalue weighted by Crippen LogP contribution is -2.31. The standard InChI is InChI=1S/C13H13F3N4O/c14-13(15,16)9-8-12(21)17-10-4-5-11(18-20(9)10)19-6-2-1-3-7-19/h4-5,8H,1-3,6-7H2. The van der Waals surface area contributed by atoms with Crippen LogP contribution in [0, 0.1) is 0 Å². The van der Waals surface area contributed by atoms with Crippen LogP contribution in [0.3, 0.4) is 0 Å². The van der Waals surface area contributed by atoms with E-state index in [1.807, 2.05) is 4.90 Å². The lowest BCUT2D eigenvalue weighted by Gasteiger charge is -2.27. The van der Waals surface area contributed by atoms with Gasteiger partial charge in [0, 0.05) is 19.2 Å². The van der Waals surface area contributed by atoms with Crippen molar-refractivity contribution in [3.8, 4) is 0 Å². The minimum atomic E-state index is -4.65. The highest BCUT2D eigenvalue weighted by molar-refractivity contribution is 5.46. The Hall–Kier alpha value is -2.12. The second-order valence-corrected chi connectivity index (χ2v) is 4.99. The normalized spacial score (nSPS) is 16.4. The van der Waals surface area contributed by atoms with E-state index < -0.39 is 17.4 Å². The second kappa shape index (κ2) is 5.01. The van der Waals surface area contributed by atoms with E-state index in [4.69, 9.17) is 0 Å². The zero-order chi connectivity index (χ0) is 15.0. The molecule has 0 aliphatic carbocycles. The van der Waals surface area contributed by atoms with E-state index in [9.17, 15) is 18.0 Å². The van der Waals surface area contributed by atoms with Gasteiger partial charge < -0.3 is 4.90 Å². The van der Waals surface area contributed by atoms with Crippen molar-refractivity contribution in [2.75, 3.05) is 18.0 Å². The van der Waals surface area contributed by atoms with Crippen LogP contribution in [0.4, 0.5) is 19.0 Å². The van der Waals surface area contributed by atoms with Gasteiger partial charge in [-0.3, -0.25) is 4.79 Å². The van der Waals surface area contributed by atoms with Crippen molar-refractivity contribution in [3.63, 3.8) is 0 Å². The molecule has 0 unspecified atom stereocenters. The molecule has 0 bridgehead atoms. The molecule has 3 rings (SSSR count). The summed E-state index contributed by atoms with van der Waals surface area (Å²) in [6, 6.07) is 3.47. The number of halogens is 3. The number of hydrogen-bond acceptors (Lipinski definition) is 4. The highest BCUT2D eigenvalue weighted by Gasteiger charge is 2.35. The van der Waals surface area contributed by atoms with E-state index in [-0.39, 0.29) is 5.65 Å². The monoisotopic (exact) mass is 298 g/mol. The Morgan fingerprint density at radius 1 is 1.10 bits per heavy atom. The smallest absolute Gasteiger partial charge is 0.355 e. The fraction of sp³-hybridized carbons (Fsp3) is 0.462. The fourth-order valence-corrected chi connectivity index (χ4v) is 2.49. The molecule has 0 atom stereocenters. The van der Waals surface area contributed by atoms with Gasteiger partial charge in [0.15, 0.2) is 11.3 Å². The van der Waals surface area contributed by atoms with Crippen LogP contribution in [0.1, 0.15) is 25.0 Å². The Kier molecular flexibility index (Phi) is 3.30. The van der Waals surface area contributed by atoms with Crippen LogP contribution in [0.25, 0.3) is 5.65 Å². The number of aromatic nitrogens is 3. The number of fused-ring (bicyclic) bond motifs is 1. The topological polar surface area (TPSA) is 50.5 Å². The number of piperidine rings is 1. The maximum Gasteiger partial charge on any atom is 0.433 e. The van der Waals surface area contributed by atoms with Gasteiger partial charge in [-0.1, -0.05) is 0 Å². The summed E-state index contributed by atoms with van der Waals surface area (Å²) in [5.41, 5.74) is -2.12. The highest BCUT2D eigenvalue weighted by atomic mass is 19.4. The molecule has 8 heteroatoms. The Balaban J connectivity index is 2.15. The van der Waals surface area contributed by atoms with Gasteiger partial charge in [-0.15, -0.1) is 5.10 Å². The van der Waals surface area contributed by atoms with Gasteiger partial charge in [0.1, 0.15) is 5.82 Å². The predicted molar refractivity (Wildman–Crippen MR) is 70.3 cm³/mol. The predicted octanol–water partition coefficient (Wildman–Crippen LogP) is 2.10. The molecule has 0 amide bonds. The van der Waals surface area contributed by atoms with Crippen molar-refractivity contribution >= 4 is 11.5 Å². The summed E-state index contributed by atoms with van der Waals surface area (Å²) < 4.78 is 39.8. The minimum Gasteiger partial charge on any atom is -0.355 e. The lowest BCUT2D eigenvalue weighted by atomic mass is 10.1. The molecule has 0 spiro atoms. The van der Waals surface area contributed by atoms with Crippen molar-refractivity contribution in [2.24, 2.45) is 0 Å². The van der Waals surface area contributed by atoms with Crippen molar-refractivity contribution in [1.82, 2.24) is 14.6 Å². The van der Waals surface area contributed by atoms with Crippen molar-refractivity contribution in [3.05, 3.63) is 34.2 Å². The molecular formula is C13H13F3N4O. The van der Waals surface area contributed by atoms with E-state index in [0.29, 0.717) is 16.4 Å².